The molecule has 40 heavy (non-hydrogen) atoms. The van der Waals surface area contributed by atoms with Gasteiger partial charge in [-0.2, -0.15) is 0 Å². The summed E-state index contributed by atoms with van der Waals surface area (Å²) in [4.78, 5) is 27.0. The average Bonchev–Trinajstić information content (AvgIpc) is 3.47. The second-order valence-corrected chi connectivity index (χ2v) is 16.6. The molecule has 0 spiro atoms. The quantitative estimate of drug-likeness (QED) is 0.375. The van der Waals surface area contributed by atoms with Gasteiger partial charge in [0.05, 0.1) is 11.6 Å². The van der Waals surface area contributed by atoms with Gasteiger partial charge >= 0.3 is 6.09 Å². The third-order valence-electron chi connectivity index (χ3n) is 14.3. The molecule has 5 nitrogen and oxygen atoms in total. The van der Waals surface area contributed by atoms with E-state index < -0.39 is 5.54 Å². The van der Waals surface area contributed by atoms with Crippen molar-refractivity contribution in [3.05, 3.63) is 11.1 Å². The first-order valence-corrected chi connectivity index (χ1v) is 16.6. The van der Waals surface area contributed by atoms with Crippen LogP contribution in [0, 0.1) is 45.3 Å². The number of aliphatic hydroxyl groups is 1. The lowest BCUT2D eigenvalue weighted by Gasteiger charge is -2.72. The summed E-state index contributed by atoms with van der Waals surface area (Å²) >= 11 is 0. The topological polar surface area (TPSA) is 75.6 Å². The zero-order valence-corrected chi connectivity index (χ0v) is 26.3. The van der Waals surface area contributed by atoms with Crippen LogP contribution in [0.1, 0.15) is 132 Å². The summed E-state index contributed by atoms with van der Waals surface area (Å²) in [5, 5.41) is 14.4. The van der Waals surface area contributed by atoms with Crippen LogP contribution in [0.4, 0.5) is 4.79 Å². The monoisotopic (exact) mass is 553 g/mol. The molecule has 0 bridgehead atoms. The molecule has 5 fully saturated rings. The normalized spacial score (nSPS) is 46.5. The lowest BCUT2D eigenvalue weighted by molar-refractivity contribution is -0.226. The number of alkyl carbamates (subject to hydrolysis) is 1. The zero-order valence-electron chi connectivity index (χ0n) is 26.3. The number of ketones is 1. The van der Waals surface area contributed by atoms with Gasteiger partial charge in [-0.05, 0) is 134 Å². The summed E-state index contributed by atoms with van der Waals surface area (Å²) in [6.45, 7) is 16.6. The minimum atomic E-state index is -0.586. The largest absolute Gasteiger partial charge is 0.446 e. The molecule has 0 aromatic rings. The Hall–Kier alpha value is -1.36. The standard InChI is InChI=1S/C35H55NO4/c1-21(2)28-24(37)20-35(36-30(39)40-22-10-8-9-11-22)19-18-33(6)23(29(28)35)12-13-26-32(5)16-15-27(38)31(3,4)25(32)14-17-34(26,33)7/h21-23,25-27,38H,8-20H2,1-7H3,(H,36,39)/t23?,25?,26?,27-,32?,33+,34+,35?/m0/s1. The van der Waals surface area contributed by atoms with E-state index in [9.17, 15) is 14.7 Å². The fourth-order valence-corrected chi connectivity index (χ4v) is 12.1. The van der Waals surface area contributed by atoms with E-state index in [0.29, 0.717) is 24.2 Å². The number of fused-ring (bicyclic) bond motifs is 7. The molecule has 6 aliphatic rings. The maximum absolute atomic E-state index is 13.7. The van der Waals surface area contributed by atoms with Crippen molar-refractivity contribution in [3.63, 3.8) is 0 Å². The van der Waals surface area contributed by atoms with Crippen LogP contribution in [0.5, 0.6) is 0 Å². The van der Waals surface area contributed by atoms with Crippen molar-refractivity contribution in [1.29, 1.82) is 0 Å². The van der Waals surface area contributed by atoms with Gasteiger partial charge in [0, 0.05) is 6.42 Å². The van der Waals surface area contributed by atoms with Gasteiger partial charge < -0.3 is 15.2 Å². The number of hydrogen-bond donors (Lipinski definition) is 2. The minimum Gasteiger partial charge on any atom is -0.446 e. The molecule has 0 radical (unpaired) electrons. The summed E-state index contributed by atoms with van der Waals surface area (Å²) in [5.74, 6) is 1.84. The Kier molecular flexibility index (Phi) is 6.70. The molecule has 1 amide bonds. The van der Waals surface area contributed by atoms with Crippen molar-refractivity contribution in [3.8, 4) is 0 Å². The van der Waals surface area contributed by atoms with Crippen molar-refractivity contribution < 1.29 is 19.4 Å². The van der Waals surface area contributed by atoms with Crippen molar-refractivity contribution in [1.82, 2.24) is 5.32 Å². The fraction of sp³-hybridized carbons (Fsp3) is 0.886. The van der Waals surface area contributed by atoms with Crippen LogP contribution >= 0.6 is 0 Å². The molecule has 224 valence electrons. The SMILES string of the molecule is CC(C)C1=C2C3CCC4C5(C)CC[C@H](O)C(C)(C)C5CC[C@@]4(C)[C@]3(C)CCC2(NC(=O)OC2CCCC2)CC1=O. The molecule has 0 aliphatic heterocycles. The van der Waals surface area contributed by atoms with E-state index in [2.05, 4.69) is 53.8 Å². The Bertz CT molecular complexity index is 1100. The smallest absolute Gasteiger partial charge is 0.408 e. The third kappa shape index (κ3) is 3.80. The highest BCUT2D eigenvalue weighted by Gasteiger charge is 2.70. The lowest BCUT2D eigenvalue weighted by Crippen LogP contribution is -2.67. The van der Waals surface area contributed by atoms with Gasteiger partial charge in [0.15, 0.2) is 5.78 Å². The van der Waals surface area contributed by atoms with E-state index in [1.54, 1.807) is 0 Å². The predicted octanol–water partition coefficient (Wildman–Crippen LogP) is 7.75. The number of carbonyl (C=O) groups is 2. The van der Waals surface area contributed by atoms with Crippen LogP contribution < -0.4 is 5.32 Å². The number of carbonyl (C=O) groups excluding carboxylic acids is 2. The van der Waals surface area contributed by atoms with Gasteiger partial charge in [-0.1, -0.05) is 48.5 Å². The van der Waals surface area contributed by atoms with E-state index >= 15 is 0 Å². The van der Waals surface area contributed by atoms with Gasteiger partial charge in [0.2, 0.25) is 0 Å². The van der Waals surface area contributed by atoms with E-state index in [1.807, 2.05) is 0 Å². The highest BCUT2D eigenvalue weighted by molar-refractivity contribution is 6.02. The number of hydrogen-bond acceptors (Lipinski definition) is 4. The van der Waals surface area contributed by atoms with Crippen LogP contribution in [-0.4, -0.2) is 34.7 Å². The van der Waals surface area contributed by atoms with Crippen LogP contribution in [-0.2, 0) is 9.53 Å². The van der Waals surface area contributed by atoms with Gasteiger partial charge in [-0.25, -0.2) is 4.79 Å². The summed E-state index contributed by atoms with van der Waals surface area (Å²) < 4.78 is 5.91. The molecule has 6 aliphatic carbocycles. The Morgan fingerprint density at radius 3 is 2.25 bits per heavy atom. The lowest BCUT2D eigenvalue weighted by atomic mass is 9.33. The van der Waals surface area contributed by atoms with Crippen molar-refractivity contribution in [2.24, 2.45) is 45.3 Å². The molecule has 0 aromatic carbocycles. The molecule has 0 aromatic heterocycles. The van der Waals surface area contributed by atoms with Crippen molar-refractivity contribution in [2.75, 3.05) is 0 Å². The highest BCUT2D eigenvalue weighted by Crippen LogP contribution is 2.75. The zero-order chi connectivity index (χ0) is 28.9. The molecular weight excluding hydrogens is 498 g/mol. The Balaban J connectivity index is 1.37. The van der Waals surface area contributed by atoms with Gasteiger partial charge in [0.1, 0.15) is 6.10 Å². The van der Waals surface area contributed by atoms with Crippen molar-refractivity contribution >= 4 is 11.9 Å². The van der Waals surface area contributed by atoms with Gasteiger partial charge in [0.25, 0.3) is 0 Å². The van der Waals surface area contributed by atoms with Crippen LogP contribution in [0.3, 0.4) is 0 Å². The highest BCUT2D eigenvalue weighted by atomic mass is 16.6. The number of allylic oxidation sites excluding steroid dienone is 1. The minimum absolute atomic E-state index is 0.0166. The first kappa shape index (κ1) is 28.7. The second-order valence-electron chi connectivity index (χ2n) is 16.6. The maximum atomic E-state index is 13.7. The molecular formula is C35H55NO4. The number of amides is 1. The molecule has 0 saturated heterocycles. The Morgan fingerprint density at radius 2 is 1.57 bits per heavy atom. The number of rotatable bonds is 3. The first-order valence-electron chi connectivity index (χ1n) is 16.6. The molecule has 2 N–H and O–H groups in total. The van der Waals surface area contributed by atoms with Crippen LogP contribution in [0.25, 0.3) is 0 Å². The molecule has 5 heteroatoms. The number of Topliss-reactive ketones (excluding diaryl/α,β-unsaturated/α-hetero) is 1. The molecule has 6 rings (SSSR count). The van der Waals surface area contributed by atoms with Gasteiger partial charge in [-0.15, -0.1) is 0 Å². The van der Waals surface area contributed by atoms with E-state index in [1.165, 1.54) is 24.8 Å². The molecule has 0 heterocycles. The van der Waals surface area contributed by atoms with Crippen LogP contribution in [0.15, 0.2) is 11.1 Å². The average molecular weight is 554 g/mol. The molecule has 5 unspecified atom stereocenters. The number of ether oxygens (including phenoxy) is 1. The third-order valence-corrected chi connectivity index (χ3v) is 14.3. The van der Waals surface area contributed by atoms with Crippen LogP contribution in [0.2, 0.25) is 0 Å². The Morgan fingerprint density at radius 1 is 0.875 bits per heavy atom. The Labute approximate surface area is 242 Å². The number of aliphatic hydroxyl groups excluding tert-OH is 1. The second kappa shape index (κ2) is 9.32. The molecule has 8 atom stereocenters. The molecule has 5 saturated carbocycles. The number of nitrogens with one attached hydrogen (secondary N) is 1. The maximum Gasteiger partial charge on any atom is 0.408 e. The first-order chi connectivity index (χ1) is 18.7. The van der Waals surface area contributed by atoms with E-state index in [-0.39, 0.29) is 51.7 Å². The predicted molar refractivity (Wildman–Crippen MR) is 158 cm³/mol. The summed E-state index contributed by atoms with van der Waals surface area (Å²) in [7, 11) is 0. The summed E-state index contributed by atoms with van der Waals surface area (Å²) in [6, 6.07) is 0. The summed E-state index contributed by atoms with van der Waals surface area (Å²) in [6.07, 6.45) is 12.5. The van der Waals surface area contributed by atoms with Crippen molar-refractivity contribution in [2.45, 2.75) is 150 Å². The van der Waals surface area contributed by atoms with E-state index in [0.717, 1.165) is 63.4 Å². The van der Waals surface area contributed by atoms with E-state index in [4.69, 9.17) is 4.74 Å². The van der Waals surface area contributed by atoms with Gasteiger partial charge in [-0.3, -0.25) is 4.79 Å². The summed E-state index contributed by atoms with van der Waals surface area (Å²) in [5.41, 5.74) is 2.10. The fourth-order valence-electron chi connectivity index (χ4n) is 12.1.